The third-order valence-electron chi connectivity index (χ3n) is 1.70. The summed E-state index contributed by atoms with van der Waals surface area (Å²) in [5.41, 5.74) is -0.313. The Morgan fingerprint density at radius 2 is 2.19 bits per heavy atom. The molecule has 16 heavy (non-hydrogen) atoms. The van der Waals surface area contributed by atoms with Gasteiger partial charge >= 0.3 is 0 Å². The summed E-state index contributed by atoms with van der Waals surface area (Å²) < 4.78 is 13.0. The molecule has 0 aliphatic carbocycles. The van der Waals surface area contributed by atoms with Crippen molar-refractivity contribution in [3.63, 3.8) is 0 Å². The molecule has 1 rings (SSSR count). The number of amides is 1. The quantitative estimate of drug-likeness (QED) is 0.526. The molecule has 0 aromatic heterocycles. The third-order valence-corrected chi connectivity index (χ3v) is 2.10. The SMILES string of the molecule is O=C(CCBr)Nc1cc(F)cc([N+](=O)[O-])c1. The predicted octanol–water partition coefficient (Wildman–Crippen LogP) is 2.46. The van der Waals surface area contributed by atoms with Gasteiger partial charge in [0.2, 0.25) is 5.91 Å². The van der Waals surface area contributed by atoms with Gasteiger partial charge in [-0.05, 0) is 6.07 Å². The smallest absolute Gasteiger partial charge is 0.274 e. The lowest BCUT2D eigenvalue weighted by atomic mass is 10.2. The Kier molecular flexibility index (Phi) is 4.36. The van der Waals surface area contributed by atoms with Crippen LogP contribution in [0.5, 0.6) is 0 Å². The molecule has 0 saturated heterocycles. The Morgan fingerprint density at radius 3 is 2.75 bits per heavy atom. The summed E-state index contributed by atoms with van der Waals surface area (Å²) in [6, 6.07) is 2.93. The molecule has 7 heteroatoms. The van der Waals surface area contributed by atoms with E-state index in [2.05, 4.69) is 21.2 Å². The van der Waals surface area contributed by atoms with Crippen molar-refractivity contribution in [1.29, 1.82) is 0 Å². The van der Waals surface area contributed by atoms with E-state index >= 15 is 0 Å². The zero-order valence-corrected chi connectivity index (χ0v) is 9.66. The van der Waals surface area contributed by atoms with Crippen LogP contribution in [-0.2, 0) is 4.79 Å². The molecule has 0 aliphatic heterocycles. The van der Waals surface area contributed by atoms with E-state index in [4.69, 9.17) is 0 Å². The molecule has 0 fully saturated rings. The molecular weight excluding hydrogens is 283 g/mol. The molecule has 0 heterocycles. The van der Waals surface area contributed by atoms with Gasteiger partial charge in [0.05, 0.1) is 16.7 Å². The van der Waals surface area contributed by atoms with Gasteiger partial charge in [0, 0.05) is 17.8 Å². The van der Waals surface area contributed by atoms with Crippen LogP contribution in [0.4, 0.5) is 15.8 Å². The maximum atomic E-state index is 13.0. The summed E-state index contributed by atoms with van der Waals surface area (Å²) in [6.45, 7) is 0. The lowest BCUT2D eigenvalue weighted by molar-refractivity contribution is -0.385. The highest BCUT2D eigenvalue weighted by Gasteiger charge is 2.11. The second-order valence-corrected chi connectivity index (χ2v) is 3.74. The van der Waals surface area contributed by atoms with Crippen molar-refractivity contribution in [2.75, 3.05) is 10.6 Å². The number of hydrogen-bond donors (Lipinski definition) is 1. The highest BCUT2D eigenvalue weighted by molar-refractivity contribution is 9.09. The fourth-order valence-corrected chi connectivity index (χ4v) is 1.42. The highest BCUT2D eigenvalue weighted by atomic mass is 79.9. The molecular formula is C9H8BrFN2O3. The van der Waals surface area contributed by atoms with Gasteiger partial charge in [-0.1, -0.05) is 15.9 Å². The number of carbonyl (C=O) groups is 1. The largest absolute Gasteiger partial charge is 0.326 e. The van der Waals surface area contributed by atoms with Gasteiger partial charge in [0.25, 0.3) is 5.69 Å². The number of anilines is 1. The Balaban J connectivity index is 2.88. The number of nitro benzene ring substituents is 1. The Hall–Kier alpha value is -1.50. The molecule has 1 aromatic carbocycles. The Morgan fingerprint density at radius 1 is 1.50 bits per heavy atom. The minimum Gasteiger partial charge on any atom is -0.326 e. The number of halogens is 2. The molecule has 0 atom stereocenters. The molecule has 86 valence electrons. The molecule has 0 aliphatic rings. The number of benzene rings is 1. The fourth-order valence-electron chi connectivity index (χ4n) is 1.06. The molecule has 1 amide bonds. The average Bonchev–Trinajstić information content (AvgIpc) is 2.16. The van der Waals surface area contributed by atoms with Crippen LogP contribution in [-0.4, -0.2) is 16.2 Å². The van der Waals surface area contributed by atoms with Crippen LogP contribution in [0, 0.1) is 15.9 Å². The summed E-state index contributed by atoms with van der Waals surface area (Å²) in [7, 11) is 0. The van der Waals surface area contributed by atoms with Gasteiger partial charge < -0.3 is 5.32 Å². The molecule has 0 radical (unpaired) electrons. The van der Waals surface area contributed by atoms with Gasteiger partial charge in [0.1, 0.15) is 5.82 Å². The van der Waals surface area contributed by atoms with Crippen LogP contribution in [0.25, 0.3) is 0 Å². The number of rotatable bonds is 4. The first kappa shape index (κ1) is 12.6. The van der Waals surface area contributed by atoms with Gasteiger partial charge in [-0.3, -0.25) is 14.9 Å². The number of nitrogens with zero attached hydrogens (tertiary/aromatic N) is 1. The van der Waals surface area contributed by atoms with E-state index in [0.717, 1.165) is 18.2 Å². The summed E-state index contributed by atoms with van der Waals surface area (Å²) in [5, 5.41) is 13.3. The standard InChI is InChI=1S/C9H8BrFN2O3/c10-2-1-9(14)12-7-3-6(11)4-8(5-7)13(15)16/h3-5H,1-2H2,(H,12,14). The van der Waals surface area contributed by atoms with Gasteiger partial charge in [-0.25, -0.2) is 4.39 Å². The lowest BCUT2D eigenvalue weighted by Gasteiger charge is -2.03. The molecule has 1 aromatic rings. The number of non-ortho nitro benzene ring substituents is 1. The summed E-state index contributed by atoms with van der Waals surface area (Å²) in [4.78, 5) is 20.9. The average molecular weight is 291 g/mol. The van der Waals surface area contributed by atoms with Gasteiger partial charge in [0.15, 0.2) is 0 Å². The van der Waals surface area contributed by atoms with Crippen LogP contribution in [0.3, 0.4) is 0 Å². The second-order valence-electron chi connectivity index (χ2n) is 2.94. The lowest BCUT2D eigenvalue weighted by Crippen LogP contribution is -2.11. The normalized spacial score (nSPS) is 9.88. The van der Waals surface area contributed by atoms with Crippen molar-refractivity contribution >= 4 is 33.2 Å². The Bertz CT molecular complexity index is 425. The second kappa shape index (κ2) is 5.55. The minimum atomic E-state index is -0.761. The monoisotopic (exact) mass is 290 g/mol. The van der Waals surface area contributed by atoms with E-state index in [1.165, 1.54) is 0 Å². The number of alkyl halides is 1. The summed E-state index contributed by atoms with van der Waals surface area (Å²) in [6.07, 6.45) is 0.213. The van der Waals surface area contributed by atoms with E-state index < -0.39 is 16.4 Å². The van der Waals surface area contributed by atoms with E-state index in [1.54, 1.807) is 0 Å². The first-order chi connectivity index (χ1) is 7.52. The van der Waals surface area contributed by atoms with Crippen LogP contribution >= 0.6 is 15.9 Å². The highest BCUT2D eigenvalue weighted by Crippen LogP contribution is 2.20. The van der Waals surface area contributed by atoms with Crippen LogP contribution in [0.15, 0.2) is 18.2 Å². The molecule has 0 saturated carbocycles. The van der Waals surface area contributed by atoms with Crippen LogP contribution in [0.2, 0.25) is 0 Å². The molecule has 0 bridgehead atoms. The fraction of sp³-hybridized carbons (Fsp3) is 0.222. The zero-order valence-electron chi connectivity index (χ0n) is 8.07. The van der Waals surface area contributed by atoms with Crippen molar-refractivity contribution < 1.29 is 14.1 Å². The third kappa shape index (κ3) is 3.58. The van der Waals surface area contributed by atoms with Crippen molar-refractivity contribution in [2.24, 2.45) is 0 Å². The van der Waals surface area contributed by atoms with Crippen molar-refractivity contribution in [1.82, 2.24) is 0 Å². The maximum Gasteiger partial charge on any atom is 0.274 e. The molecule has 0 spiro atoms. The number of nitro groups is 1. The van der Waals surface area contributed by atoms with Crippen molar-refractivity contribution in [3.05, 3.63) is 34.1 Å². The molecule has 1 N–H and O–H groups in total. The number of hydrogen-bond acceptors (Lipinski definition) is 3. The summed E-state index contributed by atoms with van der Waals surface area (Å²) in [5.74, 6) is -1.10. The predicted molar refractivity (Wildman–Crippen MR) is 60.1 cm³/mol. The van der Waals surface area contributed by atoms with E-state index in [-0.39, 0.29) is 18.0 Å². The van der Waals surface area contributed by atoms with Gasteiger partial charge in [-0.2, -0.15) is 0 Å². The van der Waals surface area contributed by atoms with E-state index in [0.29, 0.717) is 5.33 Å². The number of nitrogens with one attached hydrogen (secondary N) is 1. The van der Waals surface area contributed by atoms with Crippen molar-refractivity contribution in [3.8, 4) is 0 Å². The number of carbonyl (C=O) groups excluding carboxylic acids is 1. The van der Waals surface area contributed by atoms with E-state index in [1.807, 2.05) is 0 Å². The van der Waals surface area contributed by atoms with Gasteiger partial charge in [-0.15, -0.1) is 0 Å². The minimum absolute atomic E-state index is 0.0812. The zero-order chi connectivity index (χ0) is 12.1. The van der Waals surface area contributed by atoms with Crippen molar-refractivity contribution in [2.45, 2.75) is 6.42 Å². The van der Waals surface area contributed by atoms with E-state index in [9.17, 15) is 19.3 Å². The first-order valence-electron chi connectivity index (χ1n) is 4.33. The molecule has 5 nitrogen and oxygen atoms in total. The van der Waals surface area contributed by atoms with Crippen LogP contribution < -0.4 is 5.32 Å². The van der Waals surface area contributed by atoms with Crippen LogP contribution in [0.1, 0.15) is 6.42 Å². The topological polar surface area (TPSA) is 72.2 Å². The molecule has 0 unspecified atom stereocenters. The first-order valence-corrected chi connectivity index (χ1v) is 5.46. The maximum absolute atomic E-state index is 13.0. The summed E-state index contributed by atoms with van der Waals surface area (Å²) >= 11 is 3.07. The Labute approximate surface area is 98.9 Å².